The van der Waals surface area contributed by atoms with Gasteiger partial charge in [-0.3, -0.25) is 20.2 Å². The quantitative estimate of drug-likeness (QED) is 0.444. The Hall–Kier alpha value is -2.68. The van der Waals surface area contributed by atoms with E-state index in [9.17, 15) is 20.0 Å². The summed E-state index contributed by atoms with van der Waals surface area (Å²) >= 11 is 0.711. The largest absolute Gasteiger partial charge is 0.507 e. The zero-order chi connectivity index (χ0) is 14.0. The first-order valence-corrected chi connectivity index (χ1v) is 5.79. The number of anilines is 2. The number of carbonyl (C=O) groups is 1. The fourth-order valence-corrected chi connectivity index (χ4v) is 2.00. The molecule has 2 aromatic rings. The lowest BCUT2D eigenvalue weighted by molar-refractivity contribution is -0.380. The first-order valence-electron chi connectivity index (χ1n) is 4.98. The van der Waals surface area contributed by atoms with Gasteiger partial charge < -0.3 is 10.8 Å². The number of thiazole rings is 1. The fraction of sp³-hybridized carbons (Fsp3) is 0. The van der Waals surface area contributed by atoms with E-state index in [2.05, 4.69) is 10.3 Å². The minimum Gasteiger partial charge on any atom is -0.507 e. The lowest BCUT2D eigenvalue weighted by Gasteiger charge is -2.06. The number of aromatic nitrogens is 1. The third kappa shape index (κ3) is 2.60. The lowest BCUT2D eigenvalue weighted by Crippen LogP contribution is -2.14. The Bertz CT molecular complexity index is 634. The summed E-state index contributed by atoms with van der Waals surface area (Å²) in [7, 11) is 0. The van der Waals surface area contributed by atoms with E-state index in [-0.39, 0.29) is 27.1 Å². The molecule has 0 radical (unpaired) electrons. The number of nitrogens with zero attached hydrogens (tertiary/aromatic N) is 2. The Morgan fingerprint density at radius 2 is 2.26 bits per heavy atom. The van der Waals surface area contributed by atoms with Gasteiger partial charge in [-0.15, -0.1) is 0 Å². The number of amides is 1. The maximum absolute atomic E-state index is 11.9. The number of rotatable bonds is 3. The minimum absolute atomic E-state index is 0.0550. The van der Waals surface area contributed by atoms with Crippen molar-refractivity contribution in [2.45, 2.75) is 0 Å². The van der Waals surface area contributed by atoms with Crippen LogP contribution in [-0.2, 0) is 0 Å². The number of hydrogen-bond acceptors (Lipinski definition) is 7. The normalized spacial score (nSPS) is 10.1. The van der Waals surface area contributed by atoms with Gasteiger partial charge in [0.15, 0.2) is 5.13 Å². The average Bonchev–Trinajstić information content (AvgIpc) is 2.77. The van der Waals surface area contributed by atoms with Crippen molar-refractivity contribution >= 4 is 33.1 Å². The molecule has 9 heteroatoms. The van der Waals surface area contributed by atoms with Crippen LogP contribution in [0.1, 0.15) is 10.4 Å². The van der Waals surface area contributed by atoms with Gasteiger partial charge >= 0.3 is 5.00 Å². The van der Waals surface area contributed by atoms with E-state index >= 15 is 0 Å². The highest BCUT2D eigenvalue weighted by Gasteiger charge is 2.18. The van der Waals surface area contributed by atoms with E-state index in [1.165, 1.54) is 18.2 Å². The van der Waals surface area contributed by atoms with Crippen LogP contribution in [0.15, 0.2) is 24.4 Å². The summed E-state index contributed by atoms with van der Waals surface area (Å²) in [6.45, 7) is 0. The highest BCUT2D eigenvalue weighted by molar-refractivity contribution is 7.18. The van der Waals surface area contributed by atoms with Gasteiger partial charge in [-0.05, 0) is 23.5 Å². The van der Waals surface area contributed by atoms with Gasteiger partial charge in [-0.25, -0.2) is 4.98 Å². The van der Waals surface area contributed by atoms with Crippen LogP contribution < -0.4 is 11.1 Å². The van der Waals surface area contributed by atoms with Crippen LogP contribution in [0, 0.1) is 10.1 Å². The molecule has 98 valence electrons. The smallest absolute Gasteiger partial charge is 0.345 e. The first kappa shape index (κ1) is 12.8. The van der Waals surface area contributed by atoms with Gasteiger partial charge in [0.2, 0.25) is 0 Å². The van der Waals surface area contributed by atoms with Crippen LogP contribution >= 0.6 is 11.3 Å². The second kappa shape index (κ2) is 4.90. The molecule has 2 rings (SSSR count). The third-order valence-corrected chi connectivity index (χ3v) is 3.06. The molecule has 0 aliphatic carbocycles. The summed E-state index contributed by atoms with van der Waals surface area (Å²) < 4.78 is 0. The molecule has 0 saturated heterocycles. The van der Waals surface area contributed by atoms with Gasteiger partial charge in [0, 0.05) is 5.69 Å². The highest BCUT2D eigenvalue weighted by Crippen LogP contribution is 2.28. The number of phenols is 1. The first-order chi connectivity index (χ1) is 8.99. The molecule has 1 heterocycles. The minimum atomic E-state index is -0.681. The zero-order valence-corrected chi connectivity index (χ0v) is 10.2. The SMILES string of the molecule is Nc1cccc(O)c1C(=O)Nc1ncc([N+](=O)[O-])s1. The number of nitrogens with two attached hydrogens (primary N) is 1. The molecule has 1 aromatic heterocycles. The maximum Gasteiger partial charge on any atom is 0.345 e. The summed E-state index contributed by atoms with van der Waals surface area (Å²) in [6.07, 6.45) is 1.04. The third-order valence-electron chi connectivity index (χ3n) is 2.20. The molecule has 19 heavy (non-hydrogen) atoms. The average molecular weight is 280 g/mol. The van der Waals surface area contributed by atoms with Gasteiger partial charge in [-0.2, -0.15) is 0 Å². The van der Waals surface area contributed by atoms with Crippen molar-refractivity contribution in [2.24, 2.45) is 0 Å². The van der Waals surface area contributed by atoms with Crippen molar-refractivity contribution in [1.82, 2.24) is 4.98 Å². The molecule has 1 amide bonds. The Morgan fingerprint density at radius 3 is 2.84 bits per heavy atom. The van der Waals surface area contributed by atoms with Crippen molar-refractivity contribution in [3.05, 3.63) is 40.1 Å². The van der Waals surface area contributed by atoms with Gasteiger partial charge in [-0.1, -0.05) is 6.07 Å². The number of nitro groups is 1. The molecule has 0 spiro atoms. The van der Waals surface area contributed by atoms with Crippen molar-refractivity contribution in [1.29, 1.82) is 0 Å². The van der Waals surface area contributed by atoms with E-state index < -0.39 is 10.8 Å². The standard InChI is InChI=1S/C10H8N4O4S/c11-5-2-1-3-6(15)8(5)9(16)13-10-12-4-7(19-10)14(17)18/h1-4,15H,11H2,(H,12,13,16). The van der Waals surface area contributed by atoms with Gasteiger partial charge in [0.1, 0.15) is 17.5 Å². The van der Waals surface area contributed by atoms with Crippen LogP contribution in [-0.4, -0.2) is 20.9 Å². The number of aromatic hydroxyl groups is 1. The summed E-state index contributed by atoms with van der Waals surface area (Å²) in [5.41, 5.74) is 5.59. The molecule has 0 atom stereocenters. The predicted octanol–water partition coefficient (Wildman–Crippen LogP) is 1.59. The lowest BCUT2D eigenvalue weighted by atomic mass is 10.1. The summed E-state index contributed by atoms with van der Waals surface area (Å²) in [5.74, 6) is -0.955. The Kier molecular flexibility index (Phi) is 3.29. The van der Waals surface area contributed by atoms with Crippen molar-refractivity contribution in [3.8, 4) is 5.75 Å². The van der Waals surface area contributed by atoms with Gasteiger partial charge in [0.05, 0.1) is 4.92 Å². The molecule has 0 bridgehead atoms. The van der Waals surface area contributed by atoms with Crippen molar-refractivity contribution in [2.75, 3.05) is 11.1 Å². The van der Waals surface area contributed by atoms with E-state index in [0.717, 1.165) is 6.20 Å². The molecule has 4 N–H and O–H groups in total. The second-order valence-corrected chi connectivity index (χ2v) is 4.47. The zero-order valence-electron chi connectivity index (χ0n) is 9.36. The number of hydrogen-bond donors (Lipinski definition) is 3. The molecule has 0 aliphatic heterocycles. The molecule has 0 saturated carbocycles. The van der Waals surface area contributed by atoms with Crippen LogP contribution in [0.2, 0.25) is 0 Å². The van der Waals surface area contributed by atoms with Crippen LogP contribution in [0.25, 0.3) is 0 Å². The molecule has 0 unspecified atom stereocenters. The van der Waals surface area contributed by atoms with Crippen molar-refractivity contribution in [3.63, 3.8) is 0 Å². The van der Waals surface area contributed by atoms with Gasteiger partial charge in [0.25, 0.3) is 5.91 Å². The molecular formula is C10H8N4O4S. The van der Waals surface area contributed by atoms with E-state index in [1.807, 2.05) is 0 Å². The van der Waals surface area contributed by atoms with E-state index in [1.54, 1.807) is 0 Å². The summed E-state index contributed by atoms with van der Waals surface area (Å²) in [6, 6.07) is 4.27. The Balaban J connectivity index is 2.23. The van der Waals surface area contributed by atoms with Crippen LogP contribution in [0.5, 0.6) is 5.75 Å². The monoisotopic (exact) mass is 280 g/mol. The number of nitrogen functional groups attached to an aromatic ring is 1. The summed E-state index contributed by atoms with van der Waals surface area (Å²) in [4.78, 5) is 25.4. The fourth-order valence-electron chi connectivity index (χ4n) is 1.37. The molecule has 0 fully saturated rings. The molecule has 8 nitrogen and oxygen atoms in total. The second-order valence-electron chi connectivity index (χ2n) is 3.46. The maximum atomic E-state index is 11.9. The summed E-state index contributed by atoms with van der Waals surface area (Å²) in [5, 5.41) is 22.2. The van der Waals surface area contributed by atoms with E-state index in [4.69, 9.17) is 5.73 Å². The topological polar surface area (TPSA) is 131 Å². The Labute approximate surface area is 110 Å². The number of nitrogens with one attached hydrogen (secondary N) is 1. The molecule has 0 aliphatic rings. The predicted molar refractivity (Wildman–Crippen MR) is 69.2 cm³/mol. The highest BCUT2D eigenvalue weighted by atomic mass is 32.1. The molecular weight excluding hydrogens is 272 g/mol. The number of carbonyl (C=O) groups excluding carboxylic acids is 1. The Morgan fingerprint density at radius 1 is 1.53 bits per heavy atom. The van der Waals surface area contributed by atoms with Crippen molar-refractivity contribution < 1.29 is 14.8 Å². The number of benzene rings is 1. The van der Waals surface area contributed by atoms with E-state index in [0.29, 0.717) is 11.3 Å². The number of phenolic OH excluding ortho intramolecular Hbond substituents is 1. The van der Waals surface area contributed by atoms with Crippen LogP contribution in [0.4, 0.5) is 15.8 Å². The van der Waals surface area contributed by atoms with Crippen LogP contribution in [0.3, 0.4) is 0 Å². The molecule has 1 aromatic carbocycles.